The van der Waals surface area contributed by atoms with Crippen LogP contribution >= 0.6 is 0 Å². The van der Waals surface area contributed by atoms with Crippen LogP contribution in [-0.4, -0.2) is 81.2 Å². The van der Waals surface area contributed by atoms with Gasteiger partial charge in [-0.2, -0.15) is 13.4 Å². The summed E-state index contributed by atoms with van der Waals surface area (Å²) in [6.45, 7) is -0.719. The molecule has 0 bridgehead atoms. The van der Waals surface area contributed by atoms with E-state index in [1.54, 1.807) is 4.72 Å². The van der Waals surface area contributed by atoms with E-state index in [4.69, 9.17) is 13.7 Å². The second kappa shape index (κ2) is 8.87. The van der Waals surface area contributed by atoms with Gasteiger partial charge in [-0.3, -0.25) is 13.5 Å². The zero-order chi connectivity index (χ0) is 23.8. The summed E-state index contributed by atoms with van der Waals surface area (Å²) in [5, 5.41) is 30.4. The number of benzene rings is 1. The Hall–Kier alpha value is -3.37. The number of phenols is 1. The molecule has 1 fully saturated rings. The largest absolute Gasteiger partial charge is 0.507 e. The van der Waals surface area contributed by atoms with E-state index in [2.05, 4.69) is 15.0 Å². The van der Waals surface area contributed by atoms with Crippen molar-refractivity contribution in [1.82, 2.24) is 24.2 Å². The van der Waals surface area contributed by atoms with Gasteiger partial charge < -0.3 is 24.8 Å². The molecule has 1 aliphatic rings. The van der Waals surface area contributed by atoms with E-state index in [0.717, 1.165) is 0 Å². The maximum absolute atomic E-state index is 12.1. The van der Waals surface area contributed by atoms with Crippen LogP contribution in [0.25, 0.3) is 11.2 Å². The molecule has 4 N–H and O–H groups in total. The number of nitrogens with one attached hydrogen (secondary N) is 1. The third kappa shape index (κ3) is 4.44. The Balaban J connectivity index is 1.45. The monoisotopic (exact) mass is 481 g/mol. The first kappa shape index (κ1) is 22.8. The first-order chi connectivity index (χ1) is 15.7. The van der Waals surface area contributed by atoms with E-state index in [1.807, 2.05) is 0 Å². The molecule has 33 heavy (non-hydrogen) atoms. The highest BCUT2D eigenvalue weighted by atomic mass is 32.2. The van der Waals surface area contributed by atoms with E-state index in [0.29, 0.717) is 5.52 Å². The predicted octanol–water partition coefficient (Wildman–Crippen LogP) is -1.15. The summed E-state index contributed by atoms with van der Waals surface area (Å²) in [7, 11) is -3.23. The summed E-state index contributed by atoms with van der Waals surface area (Å²) in [4.78, 5) is 24.2. The summed E-state index contributed by atoms with van der Waals surface area (Å²) in [6.07, 6.45) is -2.93. The molecule has 0 unspecified atom stereocenters. The van der Waals surface area contributed by atoms with Gasteiger partial charge in [0.15, 0.2) is 17.4 Å². The minimum atomic E-state index is -4.63. The lowest BCUT2D eigenvalue weighted by Crippen LogP contribution is -2.37. The topological polar surface area (TPSA) is 195 Å². The molecule has 4 atom stereocenters. The van der Waals surface area contributed by atoms with Gasteiger partial charge in [0, 0.05) is 0 Å². The zero-order valence-corrected chi connectivity index (χ0v) is 17.8. The van der Waals surface area contributed by atoms with Crippen molar-refractivity contribution in [2.75, 3.05) is 13.7 Å². The van der Waals surface area contributed by atoms with Gasteiger partial charge in [0.2, 0.25) is 5.88 Å². The number of aliphatic hydroxyl groups excluding tert-OH is 2. The fourth-order valence-corrected chi connectivity index (χ4v) is 3.99. The smallest absolute Gasteiger partial charge is 0.362 e. The van der Waals surface area contributed by atoms with Gasteiger partial charge in [0.05, 0.1) is 25.6 Å². The lowest BCUT2D eigenvalue weighted by Gasteiger charge is -2.16. The Labute approximate surface area is 186 Å². The van der Waals surface area contributed by atoms with Crippen molar-refractivity contribution < 1.29 is 42.2 Å². The second-order valence-corrected chi connectivity index (χ2v) is 8.29. The number of methoxy groups -OCH3 is 1. The molecule has 4 rings (SSSR count). The Morgan fingerprint density at radius 2 is 1.97 bits per heavy atom. The average molecular weight is 481 g/mol. The minimum absolute atomic E-state index is 0.193. The number of hydrogen-bond donors (Lipinski definition) is 4. The highest BCUT2D eigenvalue weighted by Gasteiger charge is 2.45. The molecular weight excluding hydrogens is 462 g/mol. The molecule has 1 saturated heterocycles. The van der Waals surface area contributed by atoms with Crippen molar-refractivity contribution >= 4 is 27.4 Å². The number of carbonyl (C=O) groups excluding carboxylic acids is 1. The summed E-state index contributed by atoms with van der Waals surface area (Å²) >= 11 is 0. The van der Waals surface area contributed by atoms with Crippen LogP contribution in [0.2, 0.25) is 0 Å². The molecule has 0 saturated carbocycles. The van der Waals surface area contributed by atoms with Crippen LogP contribution in [0.3, 0.4) is 0 Å². The van der Waals surface area contributed by atoms with Crippen molar-refractivity contribution in [3.63, 3.8) is 0 Å². The van der Waals surface area contributed by atoms with Gasteiger partial charge in [0.25, 0.3) is 5.91 Å². The minimum Gasteiger partial charge on any atom is -0.507 e. The number of aromatic nitrogens is 4. The maximum atomic E-state index is 12.1. The third-order valence-electron chi connectivity index (χ3n) is 4.88. The molecule has 0 radical (unpaired) electrons. The van der Waals surface area contributed by atoms with Crippen LogP contribution in [0, 0.1) is 0 Å². The number of phenolic OH excluding ortho intramolecular Hbond substituents is 1. The average Bonchev–Trinajstić information content (AvgIpc) is 3.33. The first-order valence-electron chi connectivity index (χ1n) is 9.44. The normalized spacial score (nSPS) is 23.0. The molecule has 1 aromatic carbocycles. The lowest BCUT2D eigenvalue weighted by atomic mass is 10.1. The molecule has 1 amide bonds. The highest BCUT2D eigenvalue weighted by molar-refractivity contribution is 7.85. The van der Waals surface area contributed by atoms with Crippen LogP contribution in [-0.2, 0) is 19.2 Å². The van der Waals surface area contributed by atoms with E-state index >= 15 is 0 Å². The number of imidazole rings is 1. The molecular formula is C18H19N5O9S. The van der Waals surface area contributed by atoms with Gasteiger partial charge >= 0.3 is 10.3 Å². The van der Waals surface area contributed by atoms with Gasteiger partial charge in [0.1, 0.15) is 30.4 Å². The molecule has 15 heteroatoms. The molecule has 14 nitrogen and oxygen atoms in total. The summed E-state index contributed by atoms with van der Waals surface area (Å²) in [5.41, 5.74) is 0.267. The standard InChI is InChI=1S/C18H19N5O9S/c1-30-17-12-15(19-7-20-17)23(8-21-12)18-14(26)13(25)11(32-18)6-31-33(28,29)22-16(27)9-4-2-3-5-10(9)24/h2-5,7-8,11,13-14,18,24-26H,6H2,1H3,(H,22,27)/t11-,13-,14-,18-/m1/s1. The zero-order valence-electron chi connectivity index (χ0n) is 17.0. The molecule has 176 valence electrons. The molecule has 1 aliphatic heterocycles. The molecule has 0 aliphatic carbocycles. The maximum Gasteiger partial charge on any atom is 0.362 e. The number of para-hydroxylation sites is 1. The van der Waals surface area contributed by atoms with Crippen molar-refractivity contribution in [3.8, 4) is 11.6 Å². The first-order valence-corrected chi connectivity index (χ1v) is 10.8. The number of carbonyl (C=O) groups is 1. The van der Waals surface area contributed by atoms with Crippen LogP contribution < -0.4 is 9.46 Å². The van der Waals surface area contributed by atoms with Crippen LogP contribution in [0.4, 0.5) is 0 Å². The van der Waals surface area contributed by atoms with E-state index < -0.39 is 53.1 Å². The van der Waals surface area contributed by atoms with Gasteiger partial charge in [-0.25, -0.2) is 14.7 Å². The summed E-state index contributed by atoms with van der Waals surface area (Å²) in [5.74, 6) is -1.34. The number of rotatable bonds is 7. The number of hydrogen-bond acceptors (Lipinski definition) is 12. The predicted molar refractivity (Wildman–Crippen MR) is 108 cm³/mol. The Bertz CT molecular complexity index is 1280. The summed E-state index contributed by atoms with van der Waals surface area (Å²) < 4.78 is 42.7. The second-order valence-electron chi connectivity index (χ2n) is 6.94. The fourth-order valence-electron chi connectivity index (χ4n) is 3.28. The van der Waals surface area contributed by atoms with Gasteiger partial charge in [-0.15, -0.1) is 0 Å². The van der Waals surface area contributed by atoms with E-state index in [1.165, 1.54) is 48.6 Å². The Morgan fingerprint density at radius 1 is 1.21 bits per heavy atom. The summed E-state index contributed by atoms with van der Waals surface area (Å²) in [6, 6.07) is 5.34. The molecule has 3 heterocycles. The van der Waals surface area contributed by atoms with Crippen molar-refractivity contribution in [3.05, 3.63) is 42.5 Å². The number of ether oxygens (including phenoxy) is 2. The molecule has 3 aromatic rings. The molecule has 2 aromatic heterocycles. The lowest BCUT2D eigenvalue weighted by molar-refractivity contribution is -0.0468. The highest BCUT2D eigenvalue weighted by Crippen LogP contribution is 2.32. The Morgan fingerprint density at radius 3 is 2.70 bits per heavy atom. The fraction of sp³-hybridized carbons (Fsp3) is 0.333. The SMILES string of the molecule is COc1ncnc2c1ncn2[C@@H]1O[C@H](COS(=O)(=O)NC(=O)c2ccccc2O)[C@@H](O)[C@H]1O. The van der Waals surface area contributed by atoms with Gasteiger partial charge in [-0.05, 0) is 12.1 Å². The third-order valence-corrected chi connectivity index (χ3v) is 5.77. The van der Waals surface area contributed by atoms with Crippen molar-refractivity contribution in [2.24, 2.45) is 0 Å². The van der Waals surface area contributed by atoms with Crippen LogP contribution in [0.5, 0.6) is 11.6 Å². The molecule has 0 spiro atoms. The van der Waals surface area contributed by atoms with E-state index in [-0.39, 0.29) is 17.1 Å². The number of nitrogens with zero attached hydrogens (tertiary/aromatic N) is 4. The number of aliphatic hydroxyl groups is 2. The van der Waals surface area contributed by atoms with Crippen molar-refractivity contribution in [2.45, 2.75) is 24.5 Å². The quantitative estimate of drug-likeness (QED) is 0.317. The number of aromatic hydroxyl groups is 1. The van der Waals surface area contributed by atoms with Crippen molar-refractivity contribution in [1.29, 1.82) is 0 Å². The number of amides is 1. The van der Waals surface area contributed by atoms with Crippen LogP contribution in [0.1, 0.15) is 16.6 Å². The Kier molecular flexibility index (Phi) is 6.13. The van der Waals surface area contributed by atoms with E-state index in [9.17, 15) is 28.5 Å². The number of fused-ring (bicyclic) bond motifs is 1. The van der Waals surface area contributed by atoms with Crippen LogP contribution in [0.15, 0.2) is 36.9 Å². The van der Waals surface area contributed by atoms with Gasteiger partial charge in [-0.1, -0.05) is 12.1 Å².